The summed E-state index contributed by atoms with van der Waals surface area (Å²) in [6, 6.07) is 2.93. The zero-order valence-electron chi connectivity index (χ0n) is 7.53. The molecule has 4 heteroatoms. The molecule has 0 bridgehead atoms. The highest BCUT2D eigenvalue weighted by Gasteiger charge is 2.26. The number of fused-ring (bicyclic) bond motifs is 1. The van der Waals surface area contributed by atoms with Crippen molar-refractivity contribution in [2.45, 2.75) is 13.5 Å². The van der Waals surface area contributed by atoms with Crippen LogP contribution in [0.15, 0.2) is 12.1 Å². The largest absolute Gasteiger partial charge is 0.507 e. The van der Waals surface area contributed by atoms with Gasteiger partial charge in [-0.25, -0.2) is 4.79 Å². The van der Waals surface area contributed by atoms with Crippen molar-refractivity contribution in [2.75, 3.05) is 0 Å². The van der Waals surface area contributed by atoms with Crippen LogP contribution in [-0.4, -0.2) is 16.9 Å². The van der Waals surface area contributed by atoms with Gasteiger partial charge in [0.15, 0.2) is 5.78 Å². The van der Waals surface area contributed by atoms with E-state index < -0.39 is 5.97 Å². The van der Waals surface area contributed by atoms with Crippen LogP contribution in [0.1, 0.15) is 33.2 Å². The Balaban J connectivity index is 2.64. The molecule has 1 aliphatic heterocycles. The van der Waals surface area contributed by atoms with Crippen LogP contribution in [0.4, 0.5) is 0 Å². The van der Waals surface area contributed by atoms with Crippen molar-refractivity contribution < 1.29 is 19.4 Å². The molecule has 0 spiro atoms. The summed E-state index contributed by atoms with van der Waals surface area (Å²) in [5.41, 5.74) is 0.970. The number of rotatable bonds is 1. The van der Waals surface area contributed by atoms with Crippen molar-refractivity contribution in [2.24, 2.45) is 0 Å². The summed E-state index contributed by atoms with van der Waals surface area (Å²) >= 11 is 0. The lowest BCUT2D eigenvalue weighted by molar-refractivity contribution is 0.0534. The first-order valence-corrected chi connectivity index (χ1v) is 4.14. The van der Waals surface area contributed by atoms with E-state index in [2.05, 4.69) is 0 Å². The first-order valence-electron chi connectivity index (χ1n) is 4.14. The first-order chi connectivity index (χ1) is 6.61. The topological polar surface area (TPSA) is 63.6 Å². The molecule has 1 N–H and O–H groups in total. The molecular weight excluding hydrogens is 184 g/mol. The van der Waals surface area contributed by atoms with Crippen molar-refractivity contribution in [3.8, 4) is 5.75 Å². The second-order valence-electron chi connectivity index (χ2n) is 3.12. The predicted molar refractivity (Wildman–Crippen MR) is 47.2 cm³/mol. The van der Waals surface area contributed by atoms with E-state index in [4.69, 9.17) is 4.74 Å². The molecule has 72 valence electrons. The molecule has 0 saturated carbocycles. The third kappa shape index (κ3) is 1.08. The lowest BCUT2D eigenvalue weighted by atomic mass is 10.0. The van der Waals surface area contributed by atoms with Gasteiger partial charge in [-0.3, -0.25) is 4.79 Å². The number of aromatic hydroxyl groups is 1. The van der Waals surface area contributed by atoms with Crippen LogP contribution >= 0.6 is 0 Å². The van der Waals surface area contributed by atoms with Gasteiger partial charge < -0.3 is 9.84 Å². The van der Waals surface area contributed by atoms with Gasteiger partial charge >= 0.3 is 5.97 Å². The molecule has 0 unspecified atom stereocenters. The third-order valence-corrected chi connectivity index (χ3v) is 2.23. The van der Waals surface area contributed by atoms with Gasteiger partial charge in [0.2, 0.25) is 0 Å². The Hall–Kier alpha value is -1.84. The number of esters is 1. The Kier molecular flexibility index (Phi) is 1.77. The maximum atomic E-state index is 11.1. The van der Waals surface area contributed by atoms with Crippen LogP contribution in [0.25, 0.3) is 0 Å². The Labute approximate surface area is 80.1 Å². The molecule has 1 aliphatic rings. The monoisotopic (exact) mass is 192 g/mol. The third-order valence-electron chi connectivity index (χ3n) is 2.23. The highest BCUT2D eigenvalue weighted by atomic mass is 16.5. The Morgan fingerprint density at radius 2 is 2.21 bits per heavy atom. The zero-order valence-corrected chi connectivity index (χ0v) is 7.53. The highest BCUT2D eigenvalue weighted by Crippen LogP contribution is 2.31. The molecule has 0 atom stereocenters. The van der Waals surface area contributed by atoms with Gasteiger partial charge in [-0.1, -0.05) is 0 Å². The zero-order chi connectivity index (χ0) is 10.3. The number of phenolic OH excluding ortho intramolecular Hbond substituents is 1. The summed E-state index contributed by atoms with van der Waals surface area (Å²) in [5.74, 6) is -0.823. The smallest absolute Gasteiger partial charge is 0.339 e. The number of carbonyl (C=O) groups is 2. The van der Waals surface area contributed by atoms with Crippen LogP contribution in [0.5, 0.6) is 5.75 Å². The normalized spacial score (nSPS) is 13.6. The van der Waals surface area contributed by atoms with Gasteiger partial charge in [0.1, 0.15) is 12.4 Å². The van der Waals surface area contributed by atoms with E-state index in [1.54, 1.807) is 0 Å². The number of ketones is 1. The second kappa shape index (κ2) is 2.83. The van der Waals surface area contributed by atoms with Crippen LogP contribution in [0, 0.1) is 0 Å². The second-order valence-corrected chi connectivity index (χ2v) is 3.12. The summed E-state index contributed by atoms with van der Waals surface area (Å²) < 4.78 is 4.73. The number of cyclic esters (lactones) is 1. The average molecular weight is 192 g/mol. The van der Waals surface area contributed by atoms with Crippen LogP contribution in [-0.2, 0) is 11.3 Å². The van der Waals surface area contributed by atoms with E-state index >= 15 is 0 Å². The fourth-order valence-electron chi connectivity index (χ4n) is 1.47. The molecule has 0 saturated heterocycles. The van der Waals surface area contributed by atoms with Crippen LogP contribution in [0.3, 0.4) is 0 Å². The Morgan fingerprint density at radius 1 is 1.50 bits per heavy atom. The fourth-order valence-corrected chi connectivity index (χ4v) is 1.47. The highest BCUT2D eigenvalue weighted by molar-refractivity contribution is 6.01. The number of ether oxygens (including phenoxy) is 1. The number of hydrogen-bond acceptors (Lipinski definition) is 4. The molecule has 2 rings (SSSR count). The summed E-state index contributed by atoms with van der Waals surface area (Å²) in [6.45, 7) is 1.40. The van der Waals surface area contributed by atoms with E-state index in [-0.39, 0.29) is 23.7 Å². The summed E-state index contributed by atoms with van der Waals surface area (Å²) in [6.07, 6.45) is 0. The van der Waals surface area contributed by atoms with E-state index in [0.717, 1.165) is 0 Å². The fraction of sp³-hybridized carbons (Fsp3) is 0.200. The number of Topliss-reactive ketones (excluding diaryl/α,β-unsaturated/α-hetero) is 1. The molecule has 1 heterocycles. The molecule has 1 aromatic carbocycles. The summed E-state index contributed by atoms with van der Waals surface area (Å²) in [4.78, 5) is 22.1. The quantitative estimate of drug-likeness (QED) is 0.537. The minimum atomic E-state index is -0.453. The minimum Gasteiger partial charge on any atom is -0.507 e. The number of phenols is 1. The number of hydrogen-bond donors (Lipinski definition) is 1. The van der Waals surface area contributed by atoms with Crippen molar-refractivity contribution in [1.82, 2.24) is 0 Å². The standard InChI is InChI=1S/C10H8O4/c1-5(11)6-2-3-7-8(9(6)12)4-14-10(7)13/h2-3,12H,4H2,1H3. The Bertz CT molecular complexity index is 434. The summed E-state index contributed by atoms with van der Waals surface area (Å²) in [7, 11) is 0. The molecule has 0 fully saturated rings. The van der Waals surface area contributed by atoms with Gasteiger partial charge in [-0.2, -0.15) is 0 Å². The van der Waals surface area contributed by atoms with Gasteiger partial charge in [-0.15, -0.1) is 0 Å². The van der Waals surface area contributed by atoms with Crippen molar-refractivity contribution in [1.29, 1.82) is 0 Å². The van der Waals surface area contributed by atoms with Gasteiger partial charge in [-0.05, 0) is 19.1 Å². The molecule has 4 nitrogen and oxygen atoms in total. The van der Waals surface area contributed by atoms with Gasteiger partial charge in [0.05, 0.1) is 11.1 Å². The van der Waals surface area contributed by atoms with Crippen molar-refractivity contribution in [3.63, 3.8) is 0 Å². The average Bonchev–Trinajstić information content (AvgIpc) is 2.49. The molecule has 0 amide bonds. The maximum absolute atomic E-state index is 11.1. The number of carbonyl (C=O) groups excluding carboxylic acids is 2. The van der Waals surface area contributed by atoms with Crippen molar-refractivity contribution in [3.05, 3.63) is 28.8 Å². The molecule has 0 radical (unpaired) electrons. The molecular formula is C10H8O4. The molecule has 1 aromatic rings. The van der Waals surface area contributed by atoms with Gasteiger partial charge in [0.25, 0.3) is 0 Å². The lowest BCUT2D eigenvalue weighted by Crippen LogP contribution is -1.97. The molecule has 0 aliphatic carbocycles. The van der Waals surface area contributed by atoms with E-state index in [1.165, 1.54) is 19.1 Å². The Morgan fingerprint density at radius 3 is 2.86 bits per heavy atom. The molecule has 0 aromatic heterocycles. The van der Waals surface area contributed by atoms with Crippen molar-refractivity contribution >= 4 is 11.8 Å². The van der Waals surface area contributed by atoms with Crippen LogP contribution < -0.4 is 0 Å². The summed E-state index contributed by atoms with van der Waals surface area (Å²) in [5, 5.41) is 9.64. The first kappa shape index (κ1) is 8.74. The van der Waals surface area contributed by atoms with Crippen LogP contribution in [0.2, 0.25) is 0 Å². The maximum Gasteiger partial charge on any atom is 0.339 e. The minimum absolute atomic E-state index is 0.0428. The number of benzene rings is 1. The van der Waals surface area contributed by atoms with E-state index in [9.17, 15) is 14.7 Å². The lowest BCUT2D eigenvalue weighted by Gasteiger charge is -2.03. The molecule has 14 heavy (non-hydrogen) atoms. The van der Waals surface area contributed by atoms with E-state index in [0.29, 0.717) is 11.1 Å². The van der Waals surface area contributed by atoms with E-state index in [1.807, 2.05) is 0 Å². The van der Waals surface area contributed by atoms with Gasteiger partial charge in [0, 0.05) is 5.56 Å². The SMILES string of the molecule is CC(=O)c1ccc2c(c1O)COC2=O. The predicted octanol–water partition coefficient (Wildman–Crippen LogP) is 1.27.